The first-order chi connectivity index (χ1) is 9.41. The second kappa shape index (κ2) is 5.86. The molecule has 0 amide bonds. The molecule has 3 heteroatoms. The average Bonchev–Trinajstić information content (AvgIpc) is 2.40. The molecule has 0 bridgehead atoms. The van der Waals surface area contributed by atoms with Crippen LogP contribution in [0.1, 0.15) is 31.9 Å². The first kappa shape index (κ1) is 14.9. The molecule has 2 nitrogen and oxygen atoms in total. The van der Waals surface area contributed by atoms with E-state index in [1.165, 1.54) is 5.56 Å². The molecule has 2 aromatic carbocycles. The van der Waals surface area contributed by atoms with Gasteiger partial charge < -0.3 is 9.84 Å². The maximum Gasteiger partial charge on any atom is 0.151 e. The van der Waals surface area contributed by atoms with Gasteiger partial charge in [-0.15, -0.1) is 0 Å². The Labute approximate surface area is 125 Å². The molecule has 0 aromatic heterocycles. The van der Waals surface area contributed by atoms with Gasteiger partial charge in [0.1, 0.15) is 5.75 Å². The van der Waals surface area contributed by atoms with E-state index in [-0.39, 0.29) is 12.0 Å². The molecule has 0 saturated heterocycles. The lowest BCUT2D eigenvalue weighted by Gasteiger charge is -2.20. The Hall–Kier alpha value is -1.51. The van der Waals surface area contributed by atoms with Crippen LogP contribution in [-0.2, 0) is 12.0 Å². The Balaban J connectivity index is 2.36. The summed E-state index contributed by atoms with van der Waals surface area (Å²) in [4.78, 5) is 0. The molecule has 0 aliphatic rings. The number of para-hydroxylation sites is 1. The Kier molecular flexibility index (Phi) is 4.36. The summed E-state index contributed by atoms with van der Waals surface area (Å²) in [5, 5.41) is 9.86. The summed E-state index contributed by atoms with van der Waals surface area (Å²) in [6.07, 6.45) is 0. The van der Waals surface area contributed by atoms with Crippen molar-refractivity contribution in [1.29, 1.82) is 0 Å². The van der Waals surface area contributed by atoms with Crippen LogP contribution in [-0.4, -0.2) is 5.11 Å². The van der Waals surface area contributed by atoms with Gasteiger partial charge in [-0.25, -0.2) is 0 Å². The summed E-state index contributed by atoms with van der Waals surface area (Å²) in [5.41, 5.74) is 1.92. The highest BCUT2D eigenvalue weighted by Crippen LogP contribution is 2.34. The van der Waals surface area contributed by atoms with Crippen LogP contribution in [0.5, 0.6) is 11.5 Å². The third-order valence-corrected chi connectivity index (χ3v) is 3.44. The first-order valence-corrected chi connectivity index (χ1v) is 6.96. The van der Waals surface area contributed by atoms with Crippen LogP contribution >= 0.6 is 11.6 Å². The van der Waals surface area contributed by atoms with Crippen molar-refractivity contribution in [2.75, 3.05) is 0 Å². The molecular weight excluding hydrogens is 272 g/mol. The van der Waals surface area contributed by atoms with Crippen molar-refractivity contribution in [3.8, 4) is 11.5 Å². The zero-order valence-corrected chi connectivity index (χ0v) is 12.7. The van der Waals surface area contributed by atoms with Crippen molar-refractivity contribution in [3.63, 3.8) is 0 Å². The molecular formula is C17H19ClO2. The summed E-state index contributed by atoms with van der Waals surface area (Å²) in [5.74, 6) is 1.24. The Morgan fingerprint density at radius 3 is 2.45 bits per heavy atom. The molecule has 0 heterocycles. The lowest BCUT2D eigenvalue weighted by atomic mass is 9.87. The molecule has 106 valence electrons. The number of hydrogen-bond donors (Lipinski definition) is 1. The van der Waals surface area contributed by atoms with Crippen LogP contribution in [0.4, 0.5) is 0 Å². The number of rotatable bonds is 3. The predicted octanol–water partition coefficient (Wildman–Crippen LogP) is 4.92. The third kappa shape index (κ3) is 3.33. The zero-order chi connectivity index (χ0) is 14.8. The third-order valence-electron chi connectivity index (χ3n) is 3.14. The summed E-state index contributed by atoms with van der Waals surface area (Å²) in [7, 11) is 0. The van der Waals surface area contributed by atoms with Crippen LogP contribution in [0.15, 0.2) is 42.5 Å². The number of benzene rings is 2. The van der Waals surface area contributed by atoms with Gasteiger partial charge in [0.25, 0.3) is 0 Å². The van der Waals surface area contributed by atoms with Gasteiger partial charge in [0.15, 0.2) is 5.75 Å². The van der Waals surface area contributed by atoms with Crippen molar-refractivity contribution < 1.29 is 9.84 Å². The molecule has 0 radical (unpaired) electrons. The molecule has 2 aromatic rings. The van der Waals surface area contributed by atoms with Gasteiger partial charge in [-0.1, -0.05) is 56.6 Å². The highest BCUT2D eigenvalue weighted by atomic mass is 35.5. The van der Waals surface area contributed by atoms with E-state index in [9.17, 15) is 5.11 Å². The van der Waals surface area contributed by atoms with E-state index in [0.29, 0.717) is 16.3 Å². The predicted molar refractivity (Wildman–Crippen MR) is 82.6 cm³/mol. The van der Waals surface area contributed by atoms with E-state index < -0.39 is 0 Å². The van der Waals surface area contributed by atoms with Crippen LogP contribution in [0, 0.1) is 0 Å². The minimum absolute atomic E-state index is 0.0552. The standard InChI is InChI=1S/C17H19ClO2/c1-17(2,3)13-7-5-8-14(10-13)20-16-12(11-19)6-4-9-15(16)18/h4-10,19H,11H2,1-3H3. The van der Waals surface area contributed by atoms with Gasteiger partial charge in [0.2, 0.25) is 0 Å². The summed E-state index contributed by atoms with van der Waals surface area (Å²) < 4.78 is 5.88. The smallest absolute Gasteiger partial charge is 0.151 e. The molecule has 0 aliphatic carbocycles. The fourth-order valence-corrected chi connectivity index (χ4v) is 2.17. The average molecular weight is 291 g/mol. The second-order valence-electron chi connectivity index (χ2n) is 5.77. The molecule has 0 saturated carbocycles. The van der Waals surface area contributed by atoms with E-state index in [4.69, 9.17) is 16.3 Å². The summed E-state index contributed by atoms with van der Waals surface area (Å²) in [6, 6.07) is 13.3. The summed E-state index contributed by atoms with van der Waals surface area (Å²) >= 11 is 6.15. The van der Waals surface area contributed by atoms with Crippen molar-refractivity contribution in [2.45, 2.75) is 32.8 Å². The maximum absolute atomic E-state index is 9.37. The van der Waals surface area contributed by atoms with E-state index in [0.717, 1.165) is 5.75 Å². The van der Waals surface area contributed by atoms with Gasteiger partial charge >= 0.3 is 0 Å². The number of aliphatic hydroxyl groups is 1. The summed E-state index contributed by atoms with van der Waals surface area (Å²) in [6.45, 7) is 6.36. The molecule has 2 rings (SSSR count). The maximum atomic E-state index is 9.37. The first-order valence-electron chi connectivity index (χ1n) is 6.58. The van der Waals surface area contributed by atoms with Crippen LogP contribution in [0.2, 0.25) is 5.02 Å². The molecule has 0 fully saturated rings. The quantitative estimate of drug-likeness (QED) is 0.869. The van der Waals surface area contributed by atoms with Crippen molar-refractivity contribution in [3.05, 3.63) is 58.6 Å². The van der Waals surface area contributed by atoms with Gasteiger partial charge in [0, 0.05) is 5.56 Å². The largest absolute Gasteiger partial charge is 0.455 e. The van der Waals surface area contributed by atoms with E-state index in [1.54, 1.807) is 18.2 Å². The van der Waals surface area contributed by atoms with Gasteiger partial charge in [-0.2, -0.15) is 0 Å². The number of halogens is 1. The topological polar surface area (TPSA) is 29.5 Å². The van der Waals surface area contributed by atoms with Crippen molar-refractivity contribution in [1.82, 2.24) is 0 Å². The van der Waals surface area contributed by atoms with Crippen LogP contribution in [0.3, 0.4) is 0 Å². The fraction of sp³-hybridized carbons (Fsp3) is 0.294. The Morgan fingerprint density at radius 2 is 1.80 bits per heavy atom. The van der Waals surface area contributed by atoms with Gasteiger partial charge in [-0.05, 0) is 29.2 Å². The normalized spacial score (nSPS) is 11.4. The van der Waals surface area contributed by atoms with Crippen LogP contribution in [0.25, 0.3) is 0 Å². The fourth-order valence-electron chi connectivity index (χ4n) is 1.94. The molecule has 20 heavy (non-hydrogen) atoms. The molecule has 0 spiro atoms. The SMILES string of the molecule is CC(C)(C)c1cccc(Oc2c(Cl)cccc2CO)c1. The zero-order valence-electron chi connectivity index (χ0n) is 12.0. The number of aliphatic hydroxyl groups excluding tert-OH is 1. The second-order valence-corrected chi connectivity index (χ2v) is 6.17. The number of hydrogen-bond acceptors (Lipinski definition) is 2. The minimum atomic E-state index is -0.102. The van der Waals surface area contributed by atoms with Crippen LogP contribution < -0.4 is 4.74 Å². The molecule has 1 N–H and O–H groups in total. The minimum Gasteiger partial charge on any atom is -0.455 e. The Morgan fingerprint density at radius 1 is 1.10 bits per heavy atom. The van der Waals surface area contributed by atoms with Crippen molar-refractivity contribution >= 4 is 11.6 Å². The highest BCUT2D eigenvalue weighted by Gasteiger charge is 2.15. The van der Waals surface area contributed by atoms with E-state index in [2.05, 4.69) is 26.8 Å². The Bertz CT molecular complexity index is 600. The van der Waals surface area contributed by atoms with E-state index in [1.807, 2.05) is 18.2 Å². The molecule has 0 atom stereocenters. The number of ether oxygens (including phenoxy) is 1. The molecule has 0 unspecified atom stereocenters. The highest BCUT2D eigenvalue weighted by molar-refractivity contribution is 6.32. The van der Waals surface area contributed by atoms with Gasteiger partial charge in [-0.3, -0.25) is 0 Å². The van der Waals surface area contributed by atoms with Gasteiger partial charge in [0.05, 0.1) is 11.6 Å². The lowest BCUT2D eigenvalue weighted by molar-refractivity contribution is 0.276. The monoisotopic (exact) mass is 290 g/mol. The van der Waals surface area contributed by atoms with E-state index >= 15 is 0 Å². The van der Waals surface area contributed by atoms with Crippen molar-refractivity contribution in [2.24, 2.45) is 0 Å². The lowest BCUT2D eigenvalue weighted by Crippen LogP contribution is -2.10. The molecule has 0 aliphatic heterocycles.